The van der Waals surface area contributed by atoms with Crippen molar-refractivity contribution in [2.75, 3.05) is 20.1 Å². The lowest BCUT2D eigenvalue weighted by Crippen LogP contribution is -2.31. The first-order valence-corrected chi connectivity index (χ1v) is 8.22. The van der Waals surface area contributed by atoms with Crippen molar-refractivity contribution in [3.8, 4) is 0 Å². The summed E-state index contributed by atoms with van der Waals surface area (Å²) >= 11 is 6.12. The van der Waals surface area contributed by atoms with Crippen molar-refractivity contribution in [3.63, 3.8) is 0 Å². The molecule has 0 atom stereocenters. The fraction of sp³-hybridized carbons (Fsp3) is 0.538. The highest BCUT2D eigenvalue weighted by atomic mass is 35.5. The van der Waals surface area contributed by atoms with Crippen LogP contribution in [0.3, 0.4) is 0 Å². The van der Waals surface area contributed by atoms with Crippen LogP contribution in [0.1, 0.15) is 25.8 Å². The van der Waals surface area contributed by atoms with E-state index in [9.17, 15) is 8.42 Å². The molecule has 0 unspecified atom stereocenters. The van der Waals surface area contributed by atoms with Crippen LogP contribution in [0.25, 0.3) is 0 Å². The third-order valence-electron chi connectivity index (χ3n) is 2.86. The van der Waals surface area contributed by atoms with Crippen molar-refractivity contribution in [1.82, 2.24) is 9.62 Å². The van der Waals surface area contributed by atoms with Crippen LogP contribution in [-0.2, 0) is 16.6 Å². The Morgan fingerprint density at radius 1 is 1.32 bits per heavy atom. The lowest BCUT2D eigenvalue weighted by Gasteiger charge is -2.20. The molecule has 0 heterocycles. The molecule has 108 valence electrons. The Hall–Kier alpha value is -0.620. The highest BCUT2D eigenvalue weighted by Crippen LogP contribution is 2.23. The Balaban J connectivity index is 3.11. The summed E-state index contributed by atoms with van der Waals surface area (Å²) in [5.74, 6) is 0. The number of halogens is 1. The Morgan fingerprint density at radius 3 is 2.47 bits per heavy atom. The van der Waals surface area contributed by atoms with Gasteiger partial charge in [-0.25, -0.2) is 8.42 Å². The van der Waals surface area contributed by atoms with E-state index in [1.54, 1.807) is 12.1 Å². The first kappa shape index (κ1) is 16.4. The van der Waals surface area contributed by atoms with Gasteiger partial charge in [-0.2, -0.15) is 4.31 Å². The highest BCUT2D eigenvalue weighted by Gasteiger charge is 2.22. The van der Waals surface area contributed by atoms with Gasteiger partial charge < -0.3 is 5.32 Å². The Bertz CT molecular complexity index is 517. The van der Waals surface area contributed by atoms with Crippen molar-refractivity contribution in [1.29, 1.82) is 0 Å². The van der Waals surface area contributed by atoms with Gasteiger partial charge in [-0.3, -0.25) is 0 Å². The number of sulfonamides is 1. The first-order valence-electron chi connectivity index (χ1n) is 6.40. The summed E-state index contributed by atoms with van der Waals surface area (Å²) in [6.07, 6.45) is 0.790. The summed E-state index contributed by atoms with van der Waals surface area (Å²) in [7, 11) is -1.62. The Morgan fingerprint density at radius 2 is 2.00 bits per heavy atom. The quantitative estimate of drug-likeness (QED) is 0.842. The number of rotatable bonds is 7. The van der Waals surface area contributed by atoms with Gasteiger partial charge in [0, 0.05) is 24.7 Å². The standard InChI is InChI=1S/C13H21ClN2O2S/c1-4-8-16(5-2)19(17,18)12-7-6-11(10-15-3)13(14)9-12/h6-7,9,15H,4-5,8,10H2,1-3H3. The van der Waals surface area contributed by atoms with Crippen molar-refractivity contribution < 1.29 is 8.42 Å². The molecule has 1 aromatic rings. The van der Waals surface area contributed by atoms with Crippen LogP contribution in [0, 0.1) is 0 Å². The number of hydrogen-bond acceptors (Lipinski definition) is 3. The molecule has 1 aromatic carbocycles. The smallest absolute Gasteiger partial charge is 0.243 e. The van der Waals surface area contributed by atoms with Crippen LogP contribution in [0.4, 0.5) is 0 Å². The molecule has 0 spiro atoms. The second-order valence-electron chi connectivity index (χ2n) is 4.28. The molecule has 4 nitrogen and oxygen atoms in total. The Kier molecular flexibility index (Phi) is 6.26. The molecule has 0 saturated heterocycles. The zero-order chi connectivity index (χ0) is 14.5. The third-order valence-corrected chi connectivity index (χ3v) is 5.18. The zero-order valence-electron chi connectivity index (χ0n) is 11.6. The zero-order valence-corrected chi connectivity index (χ0v) is 13.2. The predicted molar refractivity (Wildman–Crippen MR) is 78.9 cm³/mol. The van der Waals surface area contributed by atoms with Gasteiger partial charge >= 0.3 is 0 Å². The molecule has 0 aliphatic heterocycles. The van der Waals surface area contributed by atoms with E-state index in [1.807, 2.05) is 20.9 Å². The minimum Gasteiger partial charge on any atom is -0.316 e. The molecule has 1 rings (SSSR count). The lowest BCUT2D eigenvalue weighted by molar-refractivity contribution is 0.427. The van der Waals surface area contributed by atoms with Crippen molar-refractivity contribution in [2.45, 2.75) is 31.7 Å². The maximum absolute atomic E-state index is 12.4. The Labute approximate surface area is 120 Å². The average molecular weight is 305 g/mol. The van der Waals surface area contributed by atoms with E-state index in [-0.39, 0.29) is 4.90 Å². The first-order chi connectivity index (χ1) is 8.97. The average Bonchev–Trinajstić information content (AvgIpc) is 2.38. The fourth-order valence-electron chi connectivity index (χ4n) is 1.87. The van der Waals surface area contributed by atoms with Crippen LogP contribution in [0.15, 0.2) is 23.1 Å². The van der Waals surface area contributed by atoms with Crippen molar-refractivity contribution in [3.05, 3.63) is 28.8 Å². The summed E-state index contributed by atoms with van der Waals surface area (Å²) in [6.45, 7) is 5.40. The number of hydrogen-bond donors (Lipinski definition) is 1. The predicted octanol–water partition coefficient (Wildman–Crippen LogP) is 2.48. The summed E-state index contributed by atoms with van der Waals surface area (Å²) in [5.41, 5.74) is 0.890. The normalized spacial score (nSPS) is 12.1. The fourth-order valence-corrected chi connectivity index (χ4v) is 3.75. The maximum atomic E-state index is 12.4. The molecule has 0 radical (unpaired) electrons. The van der Waals surface area contributed by atoms with Gasteiger partial charge in [-0.05, 0) is 31.2 Å². The lowest BCUT2D eigenvalue weighted by atomic mass is 10.2. The number of nitrogens with zero attached hydrogens (tertiary/aromatic N) is 1. The van der Waals surface area contributed by atoms with Gasteiger partial charge in [-0.15, -0.1) is 0 Å². The van der Waals surface area contributed by atoms with Gasteiger partial charge in [-0.1, -0.05) is 31.5 Å². The van der Waals surface area contributed by atoms with Gasteiger partial charge in [0.1, 0.15) is 0 Å². The van der Waals surface area contributed by atoms with E-state index in [0.717, 1.165) is 12.0 Å². The van der Waals surface area contributed by atoms with Gasteiger partial charge in [0.05, 0.1) is 4.90 Å². The molecule has 0 aliphatic rings. The molecule has 1 N–H and O–H groups in total. The molecular weight excluding hydrogens is 284 g/mol. The van der Waals surface area contributed by atoms with Crippen molar-refractivity contribution in [2.24, 2.45) is 0 Å². The van der Waals surface area contributed by atoms with Gasteiger partial charge in [0.15, 0.2) is 0 Å². The third kappa shape index (κ3) is 3.92. The van der Waals surface area contributed by atoms with E-state index in [2.05, 4.69) is 5.32 Å². The second-order valence-corrected chi connectivity index (χ2v) is 6.63. The monoisotopic (exact) mass is 304 g/mol. The molecule has 19 heavy (non-hydrogen) atoms. The SMILES string of the molecule is CCCN(CC)S(=O)(=O)c1ccc(CNC)c(Cl)c1. The summed E-state index contributed by atoms with van der Waals surface area (Å²) in [5, 5.41) is 3.47. The molecular formula is C13H21ClN2O2S. The van der Waals surface area contributed by atoms with E-state index in [1.165, 1.54) is 10.4 Å². The molecule has 0 fully saturated rings. The van der Waals surface area contributed by atoms with Crippen LogP contribution in [-0.4, -0.2) is 32.9 Å². The molecule has 0 aliphatic carbocycles. The molecule has 0 bridgehead atoms. The van der Waals surface area contributed by atoms with E-state index in [4.69, 9.17) is 11.6 Å². The van der Waals surface area contributed by atoms with Gasteiger partial charge in [0.2, 0.25) is 10.0 Å². The van der Waals surface area contributed by atoms with Crippen LogP contribution < -0.4 is 5.32 Å². The minimum atomic E-state index is -3.44. The van der Waals surface area contributed by atoms with Crippen molar-refractivity contribution >= 4 is 21.6 Å². The number of benzene rings is 1. The summed E-state index contributed by atoms with van der Waals surface area (Å²) in [4.78, 5) is 0.257. The molecule has 6 heteroatoms. The van der Waals surface area contributed by atoms with Crippen LogP contribution >= 0.6 is 11.6 Å². The summed E-state index contributed by atoms with van der Waals surface area (Å²) in [6, 6.07) is 4.90. The summed E-state index contributed by atoms with van der Waals surface area (Å²) < 4.78 is 26.3. The molecule has 0 amide bonds. The maximum Gasteiger partial charge on any atom is 0.243 e. The highest BCUT2D eigenvalue weighted by molar-refractivity contribution is 7.89. The van der Waals surface area contributed by atoms with Gasteiger partial charge in [0.25, 0.3) is 0 Å². The topological polar surface area (TPSA) is 49.4 Å². The van der Waals surface area contributed by atoms with E-state index >= 15 is 0 Å². The van der Waals surface area contributed by atoms with E-state index < -0.39 is 10.0 Å². The van der Waals surface area contributed by atoms with Crippen LogP contribution in [0.2, 0.25) is 5.02 Å². The minimum absolute atomic E-state index is 0.257. The van der Waals surface area contributed by atoms with Crippen LogP contribution in [0.5, 0.6) is 0 Å². The second kappa shape index (κ2) is 7.24. The number of nitrogens with one attached hydrogen (secondary N) is 1. The molecule has 0 saturated carbocycles. The van der Waals surface area contributed by atoms with E-state index in [0.29, 0.717) is 24.7 Å². The molecule has 0 aromatic heterocycles. The largest absolute Gasteiger partial charge is 0.316 e.